The number of halogens is 2. The van der Waals surface area contributed by atoms with Crippen LogP contribution in [0.15, 0.2) is 72.8 Å². The quantitative estimate of drug-likeness (QED) is 0.167. The predicted octanol–water partition coefficient (Wildman–Crippen LogP) is 4.65. The second kappa shape index (κ2) is 24.7. The third kappa shape index (κ3) is 12.3. The van der Waals surface area contributed by atoms with Crippen LogP contribution in [0, 0.1) is 83.1 Å². The Balaban J connectivity index is 0.000000427. The molecule has 11 heteroatoms. The van der Waals surface area contributed by atoms with Crippen molar-refractivity contribution in [1.82, 2.24) is 0 Å². The van der Waals surface area contributed by atoms with Crippen molar-refractivity contribution in [2.24, 2.45) is 0 Å². The molecule has 1 radical (unpaired) electrons. The molecule has 0 aliphatic carbocycles. The van der Waals surface area contributed by atoms with Gasteiger partial charge >= 0.3 is 16.8 Å². The zero-order valence-corrected chi connectivity index (χ0v) is 45.7. The van der Waals surface area contributed by atoms with Gasteiger partial charge in [-0.3, -0.25) is 0 Å². The van der Waals surface area contributed by atoms with Crippen LogP contribution in [0.1, 0.15) is 66.8 Å². The predicted molar refractivity (Wildman–Crippen MR) is 266 cm³/mol. The van der Waals surface area contributed by atoms with E-state index in [1.54, 1.807) is 42.7 Å². The van der Waals surface area contributed by atoms with Gasteiger partial charge in [-0.15, -0.1) is 0 Å². The second-order valence-electron chi connectivity index (χ2n) is 16.3. The maximum absolute atomic E-state index is 5.63. The molecule has 65 heavy (non-hydrogen) atoms. The molecule has 0 N–H and O–H groups in total. The molecule has 0 amide bonds. The molecule has 0 saturated carbocycles. The van der Waals surface area contributed by atoms with Gasteiger partial charge in [0, 0.05) is 0 Å². The van der Waals surface area contributed by atoms with Crippen molar-refractivity contribution in [3.63, 3.8) is 0 Å². The molecule has 6 nitrogen and oxygen atoms in total. The van der Waals surface area contributed by atoms with Crippen LogP contribution in [0.25, 0.3) is 0 Å². The van der Waals surface area contributed by atoms with E-state index < -0.39 is 15.8 Å². The normalized spacial score (nSPS) is 10.5. The molecule has 0 bridgehead atoms. The molecule has 6 aromatic rings. The maximum atomic E-state index is 5.63. The Bertz CT molecular complexity index is 2010. The minimum absolute atomic E-state index is 0. The topological polar surface area (TPSA) is 55.4 Å². The Morgan fingerprint density at radius 2 is 0.323 bits per heavy atom. The summed E-state index contributed by atoms with van der Waals surface area (Å²) in [5, 5.41) is 7.91. The minimum Gasteiger partial charge on any atom is -1.00 e. The van der Waals surface area contributed by atoms with E-state index in [2.05, 4.69) is 156 Å². The van der Waals surface area contributed by atoms with Gasteiger partial charge in [-0.2, -0.15) is 0 Å². The zero-order chi connectivity index (χ0) is 45.7. The summed E-state index contributed by atoms with van der Waals surface area (Å²) in [5.74, 6) is 5.77. The van der Waals surface area contributed by atoms with E-state index in [0.717, 1.165) is 101 Å². The summed E-state index contributed by atoms with van der Waals surface area (Å²) in [6.45, 7) is 25.5. The molecule has 0 aromatic heterocycles. The molecule has 0 spiro atoms. The van der Waals surface area contributed by atoms with Crippen molar-refractivity contribution < 1.29 is 70.0 Å². The van der Waals surface area contributed by atoms with Crippen LogP contribution in [-0.2, 0) is 16.8 Å². The Morgan fingerprint density at radius 3 is 0.400 bits per heavy atom. The van der Waals surface area contributed by atoms with Crippen LogP contribution in [0.4, 0.5) is 0 Å². The fourth-order valence-corrected chi connectivity index (χ4v) is 14.8. The van der Waals surface area contributed by atoms with Gasteiger partial charge in [-0.25, -0.2) is 0 Å². The van der Waals surface area contributed by atoms with Gasteiger partial charge in [0.05, 0.1) is 42.7 Å². The zero-order valence-electron chi connectivity index (χ0n) is 41.4. The molecule has 0 aliphatic heterocycles. The van der Waals surface area contributed by atoms with Crippen molar-refractivity contribution in [2.75, 3.05) is 42.7 Å². The molecule has 0 heterocycles. The number of rotatable bonds is 12. The summed E-state index contributed by atoms with van der Waals surface area (Å²) in [5.41, 5.74) is 13.9. The summed E-state index contributed by atoms with van der Waals surface area (Å²) < 4.78 is 33.8. The molecule has 351 valence electrons. The summed E-state index contributed by atoms with van der Waals surface area (Å²) >= 11 is 0. The van der Waals surface area contributed by atoms with Gasteiger partial charge in [0.15, 0.2) is 0 Å². The van der Waals surface area contributed by atoms with Crippen LogP contribution in [0.2, 0.25) is 0 Å². The molecular formula is C54H66Cl2CoO6P2. The first-order valence-corrected chi connectivity index (χ1v) is 23.6. The van der Waals surface area contributed by atoms with Gasteiger partial charge in [0.25, 0.3) is 0 Å². The molecular weight excluding hydrogens is 936 g/mol. The van der Waals surface area contributed by atoms with Crippen LogP contribution >= 0.6 is 15.8 Å². The van der Waals surface area contributed by atoms with Crippen molar-refractivity contribution in [3.8, 4) is 34.5 Å². The first-order chi connectivity index (χ1) is 29.4. The first-order valence-electron chi connectivity index (χ1n) is 20.9. The van der Waals surface area contributed by atoms with Crippen LogP contribution in [0.3, 0.4) is 0 Å². The maximum Gasteiger partial charge on any atom is 2.00 e. The van der Waals surface area contributed by atoms with Crippen molar-refractivity contribution in [3.05, 3.63) is 140 Å². The minimum atomic E-state index is -0.762. The van der Waals surface area contributed by atoms with Crippen molar-refractivity contribution in [2.45, 2.75) is 83.1 Å². The monoisotopic (exact) mass is 1000 g/mol. The average molecular weight is 1000 g/mol. The number of benzene rings is 6. The van der Waals surface area contributed by atoms with Gasteiger partial charge in [0.2, 0.25) is 0 Å². The van der Waals surface area contributed by atoms with E-state index in [-0.39, 0.29) is 41.6 Å². The van der Waals surface area contributed by atoms with E-state index in [4.69, 9.17) is 28.4 Å². The third-order valence-electron chi connectivity index (χ3n) is 11.4. The molecule has 6 aromatic carbocycles. The summed E-state index contributed by atoms with van der Waals surface area (Å²) in [7, 11) is 8.92. The Kier molecular flexibility index (Phi) is 21.8. The molecule has 6 rings (SSSR count). The fraction of sp³-hybridized carbons (Fsp3) is 0.333. The Hall–Kier alpha value is -3.93. The first kappa shape index (κ1) is 57.2. The number of methoxy groups -OCH3 is 6. The standard InChI is InChI=1S/2C27H33O3P.2ClH.Co/c2*1-16-10-22(11-17(2)25(16)28-7)31(23-12-18(3)26(29-8)19(4)13-23)24-14-20(5)27(30-9)21(6)15-24;;;/h2*10-15H,1-9H3;2*1H;/q;;;;+2/p-2. The van der Waals surface area contributed by atoms with E-state index in [1.807, 2.05) is 0 Å². The molecule has 0 fully saturated rings. The van der Waals surface area contributed by atoms with Crippen LogP contribution in [0.5, 0.6) is 34.5 Å². The van der Waals surface area contributed by atoms with Crippen LogP contribution < -0.4 is 85.1 Å². The van der Waals surface area contributed by atoms with E-state index in [9.17, 15) is 0 Å². The molecule has 0 aliphatic rings. The average Bonchev–Trinajstić information content (AvgIpc) is 3.18. The molecule has 0 unspecified atom stereocenters. The smallest absolute Gasteiger partial charge is 1.00 e. The van der Waals surface area contributed by atoms with Crippen LogP contribution in [-0.4, -0.2) is 42.7 Å². The van der Waals surface area contributed by atoms with Gasteiger partial charge in [-0.1, -0.05) is 0 Å². The summed E-state index contributed by atoms with van der Waals surface area (Å²) in [4.78, 5) is 0. The Morgan fingerprint density at radius 1 is 0.231 bits per heavy atom. The molecule has 0 saturated heterocycles. The van der Waals surface area contributed by atoms with E-state index in [0.29, 0.717) is 0 Å². The third-order valence-corrected chi connectivity index (χ3v) is 16.1. The van der Waals surface area contributed by atoms with E-state index in [1.165, 1.54) is 31.8 Å². The number of hydrogen-bond donors (Lipinski definition) is 0. The summed E-state index contributed by atoms with van der Waals surface area (Å²) in [6.07, 6.45) is 0. The van der Waals surface area contributed by atoms with Gasteiger partial charge < -0.3 is 53.2 Å². The summed E-state index contributed by atoms with van der Waals surface area (Å²) in [6, 6.07) is 27.3. The largest absolute Gasteiger partial charge is 2.00 e. The van der Waals surface area contributed by atoms with Crippen molar-refractivity contribution >= 4 is 47.7 Å². The fourth-order valence-electron chi connectivity index (χ4n) is 9.17. The Labute approximate surface area is 415 Å². The number of ether oxygens (including phenoxy) is 6. The van der Waals surface area contributed by atoms with Gasteiger partial charge in [0.1, 0.15) is 34.5 Å². The molecule has 0 atom stereocenters. The van der Waals surface area contributed by atoms with Gasteiger partial charge in [-0.05, 0) is 270 Å². The number of hydrogen-bond acceptors (Lipinski definition) is 6. The SMILES string of the molecule is COc1c(C)cc(P(c2cc(C)c(OC)c(C)c2)c2cc(C)c(OC)c(C)c2)cc1C.COc1c(C)cc(P(c2cc(C)c(OC)c(C)c2)c2cc(C)c(OC)c(C)c2)cc1C.[Cl-].[Cl-].[Co+2]. The second-order valence-corrected chi connectivity index (χ2v) is 20.8. The number of aryl methyl sites for hydroxylation is 12. The van der Waals surface area contributed by atoms with Crippen molar-refractivity contribution in [1.29, 1.82) is 0 Å². The van der Waals surface area contributed by atoms with E-state index >= 15 is 0 Å².